The molecule has 6 nitrogen and oxygen atoms in total. The van der Waals surface area contributed by atoms with Gasteiger partial charge in [-0.15, -0.1) is 5.10 Å². The maximum Gasteiger partial charge on any atom is 0.378 e. The van der Waals surface area contributed by atoms with E-state index in [1.807, 2.05) is 0 Å². The molecule has 2 unspecified atom stereocenters. The molecule has 0 aliphatic heterocycles. The van der Waals surface area contributed by atoms with Crippen LogP contribution in [0.1, 0.15) is 48.5 Å². The van der Waals surface area contributed by atoms with Crippen LogP contribution in [-0.2, 0) is 4.74 Å². The summed E-state index contributed by atoms with van der Waals surface area (Å²) >= 11 is 0. The summed E-state index contributed by atoms with van der Waals surface area (Å²) in [5.74, 6) is 0.672. The molecule has 88 valence electrons. The van der Waals surface area contributed by atoms with Crippen molar-refractivity contribution in [1.29, 1.82) is 0 Å². The lowest BCUT2D eigenvalue weighted by molar-refractivity contribution is 0.0512. The molecule has 0 radical (unpaired) electrons. The van der Waals surface area contributed by atoms with Gasteiger partial charge in [-0.1, -0.05) is 0 Å². The Labute approximate surface area is 93.6 Å². The first-order chi connectivity index (χ1) is 7.70. The Balaban J connectivity index is 2.04. The third kappa shape index (κ3) is 2.21. The fourth-order valence-electron chi connectivity index (χ4n) is 2.01. The zero-order chi connectivity index (χ0) is 11.5. The number of H-pyrrole nitrogens is 1. The van der Waals surface area contributed by atoms with Crippen LogP contribution in [-0.4, -0.2) is 33.8 Å². The van der Waals surface area contributed by atoms with Gasteiger partial charge in [-0.3, -0.25) is 5.10 Å². The van der Waals surface area contributed by atoms with Gasteiger partial charge in [-0.25, -0.2) is 9.78 Å². The van der Waals surface area contributed by atoms with Gasteiger partial charge in [0.05, 0.1) is 6.61 Å². The van der Waals surface area contributed by atoms with Gasteiger partial charge in [-0.05, 0) is 26.2 Å². The molecule has 1 aromatic heterocycles. The molecule has 0 bridgehead atoms. The molecule has 16 heavy (non-hydrogen) atoms. The summed E-state index contributed by atoms with van der Waals surface area (Å²) in [4.78, 5) is 15.5. The predicted molar refractivity (Wildman–Crippen MR) is 56.9 cm³/mol. The molecule has 1 saturated carbocycles. The van der Waals surface area contributed by atoms with E-state index >= 15 is 0 Å². The quantitative estimate of drug-likeness (QED) is 0.732. The van der Waals surface area contributed by atoms with Gasteiger partial charge in [0, 0.05) is 12.0 Å². The van der Waals surface area contributed by atoms with Crippen molar-refractivity contribution in [2.75, 3.05) is 6.61 Å². The third-order valence-corrected chi connectivity index (χ3v) is 2.82. The monoisotopic (exact) mass is 224 g/mol. The Bertz CT molecular complexity index is 377. The number of esters is 1. The predicted octanol–water partition coefficient (Wildman–Crippen LogP) is 0.576. The molecular formula is C10H16N4O2. The van der Waals surface area contributed by atoms with Crippen molar-refractivity contribution in [3.63, 3.8) is 0 Å². The normalized spacial score (nSPS) is 24.6. The highest BCUT2D eigenvalue weighted by Gasteiger charge is 2.26. The SMILES string of the molecule is CCOC(=O)c1n[nH]c(C2CCC(N)C2)n1. The Kier molecular flexibility index (Phi) is 3.19. The number of nitrogens with one attached hydrogen (secondary N) is 1. The minimum Gasteiger partial charge on any atom is -0.460 e. The van der Waals surface area contributed by atoms with E-state index in [0.29, 0.717) is 12.5 Å². The summed E-state index contributed by atoms with van der Waals surface area (Å²) in [5.41, 5.74) is 5.82. The molecule has 2 atom stereocenters. The standard InChI is InChI=1S/C10H16N4O2/c1-2-16-10(15)9-12-8(13-14-9)6-3-4-7(11)5-6/h6-7H,2-5,11H2,1H3,(H,12,13,14). The lowest BCUT2D eigenvalue weighted by Gasteiger charge is -2.03. The first-order valence-electron chi connectivity index (χ1n) is 5.55. The molecular weight excluding hydrogens is 208 g/mol. The molecule has 1 heterocycles. The molecule has 1 fully saturated rings. The number of carbonyl (C=O) groups is 1. The third-order valence-electron chi connectivity index (χ3n) is 2.82. The van der Waals surface area contributed by atoms with Crippen LogP contribution in [0.2, 0.25) is 0 Å². The van der Waals surface area contributed by atoms with Gasteiger partial charge in [0.1, 0.15) is 5.82 Å². The van der Waals surface area contributed by atoms with Crippen LogP contribution in [0, 0.1) is 0 Å². The first-order valence-corrected chi connectivity index (χ1v) is 5.55. The van der Waals surface area contributed by atoms with Crippen molar-refractivity contribution in [2.24, 2.45) is 5.73 Å². The Hall–Kier alpha value is -1.43. The van der Waals surface area contributed by atoms with Crippen molar-refractivity contribution in [3.8, 4) is 0 Å². The minimum atomic E-state index is -0.479. The second kappa shape index (κ2) is 4.61. The second-order valence-electron chi connectivity index (χ2n) is 4.03. The highest BCUT2D eigenvalue weighted by Crippen LogP contribution is 2.31. The fraction of sp³-hybridized carbons (Fsp3) is 0.700. The van der Waals surface area contributed by atoms with E-state index < -0.39 is 5.97 Å². The van der Waals surface area contributed by atoms with E-state index in [1.165, 1.54) is 0 Å². The number of nitrogens with zero attached hydrogens (tertiary/aromatic N) is 2. The number of nitrogens with two attached hydrogens (primary N) is 1. The number of rotatable bonds is 3. The molecule has 3 N–H and O–H groups in total. The number of aromatic nitrogens is 3. The largest absolute Gasteiger partial charge is 0.460 e. The molecule has 0 spiro atoms. The maximum absolute atomic E-state index is 11.3. The number of hydrogen-bond acceptors (Lipinski definition) is 5. The highest BCUT2D eigenvalue weighted by molar-refractivity contribution is 5.84. The van der Waals surface area contributed by atoms with E-state index in [9.17, 15) is 4.79 Å². The molecule has 1 aliphatic carbocycles. The van der Waals surface area contributed by atoms with Crippen molar-refractivity contribution < 1.29 is 9.53 Å². The maximum atomic E-state index is 11.3. The summed E-state index contributed by atoms with van der Waals surface area (Å²) in [6.45, 7) is 2.08. The Morgan fingerprint density at radius 3 is 3.06 bits per heavy atom. The van der Waals surface area contributed by atoms with Gasteiger partial charge >= 0.3 is 5.97 Å². The molecule has 0 saturated heterocycles. The van der Waals surface area contributed by atoms with E-state index in [2.05, 4.69) is 15.2 Å². The van der Waals surface area contributed by atoms with Crippen LogP contribution < -0.4 is 5.73 Å². The molecule has 2 rings (SSSR count). The lowest BCUT2D eigenvalue weighted by atomic mass is 10.1. The van der Waals surface area contributed by atoms with Crippen molar-refractivity contribution in [3.05, 3.63) is 11.6 Å². The molecule has 1 aliphatic rings. The molecule has 6 heteroatoms. The van der Waals surface area contributed by atoms with E-state index in [4.69, 9.17) is 10.5 Å². The Morgan fingerprint density at radius 2 is 2.44 bits per heavy atom. The zero-order valence-electron chi connectivity index (χ0n) is 9.27. The van der Waals surface area contributed by atoms with Crippen LogP contribution in [0.15, 0.2) is 0 Å². The van der Waals surface area contributed by atoms with Crippen LogP contribution in [0.5, 0.6) is 0 Å². The second-order valence-corrected chi connectivity index (χ2v) is 4.03. The van der Waals surface area contributed by atoms with Crippen LogP contribution in [0.4, 0.5) is 0 Å². The lowest BCUT2D eigenvalue weighted by Crippen LogP contribution is -2.14. The smallest absolute Gasteiger partial charge is 0.378 e. The van der Waals surface area contributed by atoms with Crippen LogP contribution >= 0.6 is 0 Å². The fourth-order valence-corrected chi connectivity index (χ4v) is 2.01. The molecule has 0 aromatic carbocycles. The van der Waals surface area contributed by atoms with Crippen LogP contribution in [0.3, 0.4) is 0 Å². The summed E-state index contributed by atoms with van der Waals surface area (Å²) in [6, 6.07) is 0.237. The van der Waals surface area contributed by atoms with Gasteiger partial charge in [-0.2, -0.15) is 0 Å². The average Bonchev–Trinajstić information content (AvgIpc) is 2.85. The summed E-state index contributed by atoms with van der Waals surface area (Å²) in [5, 5.41) is 6.64. The minimum absolute atomic E-state index is 0.109. The van der Waals surface area contributed by atoms with Crippen LogP contribution in [0.25, 0.3) is 0 Å². The summed E-state index contributed by atoms with van der Waals surface area (Å²) in [6.07, 6.45) is 2.90. The number of carbonyl (C=O) groups excluding carboxylic acids is 1. The van der Waals surface area contributed by atoms with Crippen molar-refractivity contribution in [1.82, 2.24) is 15.2 Å². The highest BCUT2D eigenvalue weighted by atomic mass is 16.5. The average molecular weight is 224 g/mol. The number of hydrogen-bond donors (Lipinski definition) is 2. The number of ether oxygens (including phenoxy) is 1. The topological polar surface area (TPSA) is 93.9 Å². The van der Waals surface area contributed by atoms with Gasteiger partial charge in [0.2, 0.25) is 0 Å². The van der Waals surface area contributed by atoms with Crippen molar-refractivity contribution in [2.45, 2.75) is 38.1 Å². The van der Waals surface area contributed by atoms with E-state index in [1.54, 1.807) is 6.92 Å². The molecule has 0 amide bonds. The zero-order valence-corrected chi connectivity index (χ0v) is 9.27. The van der Waals surface area contributed by atoms with Crippen molar-refractivity contribution >= 4 is 5.97 Å². The van der Waals surface area contributed by atoms with Gasteiger partial charge in [0.25, 0.3) is 5.82 Å². The number of aromatic amines is 1. The Morgan fingerprint density at radius 1 is 1.62 bits per heavy atom. The van der Waals surface area contributed by atoms with E-state index in [-0.39, 0.29) is 11.9 Å². The summed E-state index contributed by atoms with van der Waals surface area (Å²) < 4.78 is 4.82. The van der Waals surface area contributed by atoms with E-state index in [0.717, 1.165) is 25.1 Å². The molecule has 1 aromatic rings. The van der Waals surface area contributed by atoms with Gasteiger partial charge in [0.15, 0.2) is 0 Å². The first kappa shape index (κ1) is 11.1. The summed E-state index contributed by atoms with van der Waals surface area (Å²) in [7, 11) is 0. The van der Waals surface area contributed by atoms with Gasteiger partial charge < -0.3 is 10.5 Å².